The lowest BCUT2D eigenvalue weighted by Gasteiger charge is -2.11. The minimum atomic E-state index is -3.85. The third kappa shape index (κ3) is 4.35. The van der Waals surface area contributed by atoms with Gasteiger partial charge in [-0.1, -0.05) is 53.5 Å². The van der Waals surface area contributed by atoms with Crippen LogP contribution in [0.3, 0.4) is 0 Å². The molecule has 0 spiro atoms. The molecular formula is C14H13Cl2NO3S. The number of hydrogen-bond acceptors (Lipinski definition) is 3. The van der Waals surface area contributed by atoms with Crippen LogP contribution in [0.15, 0.2) is 47.4 Å². The summed E-state index contributed by atoms with van der Waals surface area (Å²) in [4.78, 5) is -0.145. The van der Waals surface area contributed by atoms with Crippen LogP contribution < -0.4 is 9.88 Å². The van der Waals surface area contributed by atoms with Gasteiger partial charge >= 0.3 is 0 Å². The van der Waals surface area contributed by atoms with Crippen LogP contribution in [0.25, 0.3) is 0 Å². The van der Waals surface area contributed by atoms with Crippen molar-refractivity contribution in [2.75, 3.05) is 6.61 Å². The Hall–Kier alpha value is -1.27. The third-order valence-corrected chi connectivity index (χ3v) is 4.23. The fourth-order valence-corrected chi connectivity index (χ4v) is 3.04. The Morgan fingerprint density at radius 1 is 1.05 bits per heavy atom. The van der Waals surface area contributed by atoms with Gasteiger partial charge in [0.1, 0.15) is 0 Å². The van der Waals surface area contributed by atoms with Gasteiger partial charge in [0, 0.05) is 6.42 Å². The molecule has 0 atom stereocenters. The predicted molar refractivity (Wildman–Crippen MR) is 83.5 cm³/mol. The maximum Gasteiger partial charge on any atom is 0.238 e. The van der Waals surface area contributed by atoms with Gasteiger partial charge in [0.2, 0.25) is 10.0 Å². The van der Waals surface area contributed by atoms with E-state index < -0.39 is 10.0 Å². The summed E-state index contributed by atoms with van der Waals surface area (Å²) >= 11 is 12.0. The fraction of sp³-hybridized carbons (Fsp3) is 0.143. The van der Waals surface area contributed by atoms with Crippen LogP contribution in [-0.4, -0.2) is 15.0 Å². The van der Waals surface area contributed by atoms with Crippen molar-refractivity contribution in [1.29, 1.82) is 0 Å². The first-order chi connectivity index (χ1) is 9.88. The topological polar surface area (TPSA) is 69.4 Å². The van der Waals surface area contributed by atoms with Crippen molar-refractivity contribution in [3.8, 4) is 5.75 Å². The first kappa shape index (κ1) is 16.1. The number of hydrogen-bond donors (Lipinski definition) is 1. The molecule has 0 radical (unpaired) electrons. The molecular weight excluding hydrogens is 333 g/mol. The van der Waals surface area contributed by atoms with Gasteiger partial charge < -0.3 is 4.74 Å². The minimum absolute atomic E-state index is 0.111. The van der Waals surface area contributed by atoms with Gasteiger partial charge in [-0.05, 0) is 17.7 Å². The molecule has 0 saturated heterocycles. The maximum atomic E-state index is 11.3. The number of rotatable bonds is 5. The van der Waals surface area contributed by atoms with E-state index in [-0.39, 0.29) is 20.7 Å². The summed E-state index contributed by atoms with van der Waals surface area (Å²) in [6.07, 6.45) is 0.685. The molecule has 0 unspecified atom stereocenters. The molecule has 0 heterocycles. The molecule has 7 heteroatoms. The summed E-state index contributed by atoms with van der Waals surface area (Å²) in [6.45, 7) is 0.373. The SMILES string of the molecule is NS(=O)(=O)c1cc(Cl)c(OCCc2ccccc2)c(Cl)c1. The predicted octanol–water partition coefficient (Wildman–Crippen LogP) is 3.26. The molecule has 0 amide bonds. The Bertz CT molecular complexity index is 710. The lowest BCUT2D eigenvalue weighted by molar-refractivity contribution is 0.322. The van der Waals surface area contributed by atoms with Gasteiger partial charge in [0.25, 0.3) is 0 Å². The molecule has 2 aromatic carbocycles. The number of ether oxygens (including phenoxy) is 1. The number of halogens is 2. The van der Waals surface area contributed by atoms with Gasteiger partial charge in [-0.3, -0.25) is 0 Å². The average molecular weight is 346 g/mol. The van der Waals surface area contributed by atoms with Crippen molar-refractivity contribution >= 4 is 33.2 Å². The highest BCUT2D eigenvalue weighted by molar-refractivity contribution is 7.89. The molecule has 21 heavy (non-hydrogen) atoms. The molecule has 0 aliphatic rings. The molecule has 0 aromatic heterocycles. The fourth-order valence-electron chi connectivity index (χ4n) is 1.75. The van der Waals surface area contributed by atoms with E-state index in [4.69, 9.17) is 33.1 Å². The summed E-state index contributed by atoms with van der Waals surface area (Å²) in [5, 5.41) is 5.26. The molecule has 0 saturated carbocycles. The molecule has 0 fully saturated rings. The van der Waals surface area contributed by atoms with Gasteiger partial charge in [-0.15, -0.1) is 0 Å². The molecule has 112 valence electrons. The van der Waals surface area contributed by atoms with Crippen LogP contribution in [0.5, 0.6) is 5.75 Å². The molecule has 0 aliphatic heterocycles. The second-order valence-corrected chi connectivity index (χ2v) is 6.72. The second-order valence-electron chi connectivity index (χ2n) is 4.35. The summed E-state index contributed by atoms with van der Waals surface area (Å²) in [5.74, 6) is 0.252. The third-order valence-electron chi connectivity index (χ3n) is 2.78. The standard InChI is InChI=1S/C14H13Cl2NO3S/c15-12-8-11(21(17,18)19)9-13(16)14(12)20-7-6-10-4-2-1-3-5-10/h1-5,8-9H,6-7H2,(H2,17,18,19). The van der Waals surface area contributed by atoms with Crippen molar-refractivity contribution < 1.29 is 13.2 Å². The van der Waals surface area contributed by atoms with Gasteiger partial charge in [-0.2, -0.15) is 0 Å². The number of nitrogens with two attached hydrogens (primary N) is 1. The Balaban J connectivity index is 2.11. The Kier molecular flexibility index (Phi) is 5.11. The van der Waals surface area contributed by atoms with E-state index >= 15 is 0 Å². The first-order valence-electron chi connectivity index (χ1n) is 6.06. The highest BCUT2D eigenvalue weighted by Gasteiger charge is 2.15. The second kappa shape index (κ2) is 6.66. The minimum Gasteiger partial charge on any atom is -0.490 e. The highest BCUT2D eigenvalue weighted by atomic mass is 35.5. The monoisotopic (exact) mass is 345 g/mol. The summed E-state index contributed by atoms with van der Waals surface area (Å²) in [6, 6.07) is 12.2. The van der Waals surface area contributed by atoms with Gasteiger partial charge in [0.15, 0.2) is 5.75 Å². The molecule has 4 nitrogen and oxygen atoms in total. The molecule has 2 aromatic rings. The lowest BCUT2D eigenvalue weighted by Crippen LogP contribution is -2.12. The van der Waals surface area contributed by atoms with Crippen LogP contribution in [-0.2, 0) is 16.4 Å². The normalized spacial score (nSPS) is 11.4. The van der Waals surface area contributed by atoms with E-state index in [9.17, 15) is 8.42 Å². The molecule has 0 bridgehead atoms. The number of primary sulfonamides is 1. The zero-order chi connectivity index (χ0) is 15.5. The van der Waals surface area contributed by atoms with Crippen molar-refractivity contribution in [3.05, 3.63) is 58.1 Å². The average Bonchev–Trinajstić information content (AvgIpc) is 2.42. The van der Waals surface area contributed by atoms with Crippen molar-refractivity contribution in [2.45, 2.75) is 11.3 Å². The van der Waals surface area contributed by atoms with E-state index in [0.717, 1.165) is 5.56 Å². The van der Waals surface area contributed by atoms with Crippen LogP contribution >= 0.6 is 23.2 Å². The van der Waals surface area contributed by atoms with E-state index in [1.54, 1.807) is 0 Å². The number of sulfonamides is 1. The molecule has 0 aliphatic carbocycles. The van der Waals surface area contributed by atoms with E-state index in [1.807, 2.05) is 30.3 Å². The Morgan fingerprint density at radius 3 is 2.14 bits per heavy atom. The maximum absolute atomic E-state index is 11.3. The van der Waals surface area contributed by atoms with Crippen molar-refractivity contribution in [3.63, 3.8) is 0 Å². The molecule has 2 N–H and O–H groups in total. The summed E-state index contributed by atoms with van der Waals surface area (Å²) < 4.78 is 28.1. The quantitative estimate of drug-likeness (QED) is 0.903. The van der Waals surface area contributed by atoms with E-state index in [2.05, 4.69) is 0 Å². The zero-order valence-electron chi connectivity index (χ0n) is 10.9. The summed E-state index contributed by atoms with van der Waals surface area (Å²) in [5.41, 5.74) is 1.12. The van der Waals surface area contributed by atoms with Crippen LogP contribution in [0.4, 0.5) is 0 Å². The van der Waals surface area contributed by atoms with Gasteiger partial charge in [-0.25, -0.2) is 13.6 Å². The zero-order valence-corrected chi connectivity index (χ0v) is 13.3. The van der Waals surface area contributed by atoms with Crippen molar-refractivity contribution in [2.24, 2.45) is 5.14 Å². The van der Waals surface area contributed by atoms with E-state index in [1.165, 1.54) is 12.1 Å². The van der Waals surface area contributed by atoms with Crippen LogP contribution in [0.1, 0.15) is 5.56 Å². The lowest BCUT2D eigenvalue weighted by atomic mass is 10.2. The van der Waals surface area contributed by atoms with Gasteiger partial charge in [0.05, 0.1) is 21.5 Å². The van der Waals surface area contributed by atoms with Crippen molar-refractivity contribution in [1.82, 2.24) is 0 Å². The molecule has 2 rings (SSSR count). The smallest absolute Gasteiger partial charge is 0.238 e. The largest absolute Gasteiger partial charge is 0.490 e. The summed E-state index contributed by atoms with van der Waals surface area (Å²) in [7, 11) is -3.85. The van der Waals surface area contributed by atoms with Crippen LogP contribution in [0, 0.1) is 0 Å². The Labute approximate surface area is 133 Å². The Morgan fingerprint density at radius 2 is 1.62 bits per heavy atom. The van der Waals surface area contributed by atoms with Crippen LogP contribution in [0.2, 0.25) is 10.0 Å². The van der Waals surface area contributed by atoms with E-state index in [0.29, 0.717) is 13.0 Å². The first-order valence-corrected chi connectivity index (χ1v) is 8.37. The number of benzene rings is 2. The highest BCUT2D eigenvalue weighted by Crippen LogP contribution is 2.35.